The van der Waals surface area contributed by atoms with Crippen LogP contribution in [-0.2, 0) is 9.53 Å². The molecule has 1 aliphatic heterocycles. The Balaban J connectivity index is 1.56. The number of hydrogen-bond acceptors (Lipinski definition) is 4. The highest BCUT2D eigenvalue weighted by atomic mass is 79.9. The van der Waals surface area contributed by atoms with Crippen molar-refractivity contribution >= 4 is 27.9 Å². The van der Waals surface area contributed by atoms with Crippen molar-refractivity contribution in [3.8, 4) is 11.3 Å². The van der Waals surface area contributed by atoms with Crippen LogP contribution in [0, 0.1) is 0 Å². The van der Waals surface area contributed by atoms with Gasteiger partial charge in [-0.1, -0.05) is 40.9 Å². The van der Waals surface area contributed by atoms with Gasteiger partial charge in [0.1, 0.15) is 11.4 Å². The molecular weight excluding hydrogens is 436 g/mol. The normalized spacial score (nSPS) is 20.6. The molecule has 0 spiro atoms. The number of hydrogen-bond donors (Lipinski definition) is 2. The number of aromatic nitrogens is 2. The van der Waals surface area contributed by atoms with E-state index in [0.717, 1.165) is 47.2 Å². The Labute approximate surface area is 178 Å². The van der Waals surface area contributed by atoms with E-state index < -0.39 is 11.6 Å². The number of nitrogens with one attached hydrogen (secondary N) is 2. The minimum atomic E-state index is -0.864. The number of carbonyl (C=O) groups excluding carboxylic acids is 2. The smallest absolute Gasteiger partial charge is 0.407 e. The van der Waals surface area contributed by atoms with Crippen molar-refractivity contribution in [2.24, 2.45) is 0 Å². The zero-order chi connectivity index (χ0) is 20.4. The first-order valence-electron chi connectivity index (χ1n) is 10.0. The van der Waals surface area contributed by atoms with Gasteiger partial charge in [-0.05, 0) is 43.4 Å². The van der Waals surface area contributed by atoms with Gasteiger partial charge < -0.3 is 19.9 Å². The SMILES string of the molecule is COC(=O)NC1(C(=O)N2CCC[C@H]2c2ncc(-c3ccc(Br)cc3)[nH]2)CCCC1. The highest BCUT2D eigenvalue weighted by Gasteiger charge is 2.48. The van der Waals surface area contributed by atoms with Crippen LogP contribution >= 0.6 is 15.9 Å². The van der Waals surface area contributed by atoms with E-state index >= 15 is 0 Å². The summed E-state index contributed by atoms with van der Waals surface area (Å²) in [6.07, 6.45) is 6.17. The predicted octanol–water partition coefficient (Wildman–Crippen LogP) is 4.17. The number of likely N-dealkylation sites (tertiary alicyclic amines) is 1. The molecule has 1 saturated heterocycles. The summed E-state index contributed by atoms with van der Waals surface area (Å²) in [5.41, 5.74) is 1.11. The van der Waals surface area contributed by atoms with Crippen molar-refractivity contribution in [2.75, 3.05) is 13.7 Å². The molecular formula is C21H25BrN4O3. The van der Waals surface area contributed by atoms with Gasteiger partial charge in [-0.2, -0.15) is 0 Å². The van der Waals surface area contributed by atoms with Crippen molar-refractivity contribution in [2.45, 2.75) is 50.1 Å². The Kier molecular flexibility index (Phi) is 5.63. The number of methoxy groups -OCH3 is 1. The second-order valence-corrected chi connectivity index (χ2v) is 8.67. The molecule has 2 fully saturated rings. The molecule has 8 heteroatoms. The summed E-state index contributed by atoms with van der Waals surface area (Å²) in [7, 11) is 1.33. The Morgan fingerprint density at radius 1 is 1.24 bits per heavy atom. The lowest BCUT2D eigenvalue weighted by Gasteiger charge is -2.35. The molecule has 2 amide bonds. The van der Waals surface area contributed by atoms with Gasteiger partial charge in [-0.25, -0.2) is 9.78 Å². The molecule has 2 aromatic rings. The fourth-order valence-corrected chi connectivity index (χ4v) is 4.73. The van der Waals surface area contributed by atoms with Crippen LogP contribution in [0.2, 0.25) is 0 Å². The van der Waals surface area contributed by atoms with Gasteiger partial charge in [0, 0.05) is 11.0 Å². The maximum Gasteiger partial charge on any atom is 0.407 e. The third-order valence-electron chi connectivity index (χ3n) is 5.97. The van der Waals surface area contributed by atoms with Crippen molar-refractivity contribution in [3.63, 3.8) is 0 Å². The number of carbonyl (C=O) groups is 2. The van der Waals surface area contributed by atoms with E-state index in [1.165, 1.54) is 7.11 Å². The zero-order valence-corrected chi connectivity index (χ0v) is 18.0. The number of H-pyrrole nitrogens is 1. The third-order valence-corrected chi connectivity index (χ3v) is 6.50. The van der Waals surface area contributed by atoms with Crippen molar-refractivity contribution in [3.05, 3.63) is 40.8 Å². The Morgan fingerprint density at radius 3 is 2.66 bits per heavy atom. The number of aromatic amines is 1. The summed E-state index contributed by atoms with van der Waals surface area (Å²) in [6, 6.07) is 7.91. The second-order valence-electron chi connectivity index (χ2n) is 7.75. The Hall–Kier alpha value is -2.35. The van der Waals surface area contributed by atoms with Crippen LogP contribution in [0.25, 0.3) is 11.3 Å². The molecule has 2 N–H and O–H groups in total. The van der Waals surface area contributed by atoms with Crippen molar-refractivity contribution in [1.82, 2.24) is 20.2 Å². The molecule has 0 bridgehead atoms. The van der Waals surface area contributed by atoms with Gasteiger partial charge in [0.05, 0.1) is 25.0 Å². The number of halogens is 1. The topological polar surface area (TPSA) is 87.3 Å². The fraction of sp³-hybridized carbons (Fsp3) is 0.476. The van der Waals surface area contributed by atoms with Crippen molar-refractivity contribution < 1.29 is 14.3 Å². The molecule has 4 rings (SSSR count). The van der Waals surface area contributed by atoms with Crippen LogP contribution in [0.3, 0.4) is 0 Å². The summed E-state index contributed by atoms with van der Waals surface area (Å²) in [5, 5.41) is 2.84. The number of amides is 2. The summed E-state index contributed by atoms with van der Waals surface area (Å²) < 4.78 is 5.80. The molecule has 1 saturated carbocycles. The summed E-state index contributed by atoms with van der Waals surface area (Å²) >= 11 is 3.45. The maximum absolute atomic E-state index is 13.5. The second kappa shape index (κ2) is 8.18. The quantitative estimate of drug-likeness (QED) is 0.716. The number of nitrogens with zero attached hydrogens (tertiary/aromatic N) is 2. The minimum absolute atomic E-state index is 0.0236. The van der Waals surface area contributed by atoms with E-state index in [0.29, 0.717) is 19.4 Å². The molecule has 154 valence electrons. The first kappa shape index (κ1) is 19.9. The van der Waals surface area contributed by atoms with Gasteiger partial charge in [0.25, 0.3) is 0 Å². The molecule has 2 aliphatic rings. The number of alkyl carbamates (subject to hydrolysis) is 1. The maximum atomic E-state index is 13.5. The van der Waals surface area contributed by atoms with Crippen LogP contribution in [0.15, 0.2) is 34.9 Å². The van der Waals surface area contributed by atoms with Gasteiger partial charge in [-0.3, -0.25) is 4.79 Å². The molecule has 29 heavy (non-hydrogen) atoms. The average molecular weight is 461 g/mol. The lowest BCUT2D eigenvalue weighted by Crippen LogP contribution is -2.58. The molecule has 1 aliphatic carbocycles. The lowest BCUT2D eigenvalue weighted by molar-refractivity contribution is -0.139. The standard InChI is InChI=1S/C21H25BrN4O3/c1-29-20(28)25-21(10-2-3-11-21)19(27)26-12-4-5-17(26)18-23-13-16(24-18)14-6-8-15(22)9-7-14/h6-9,13,17H,2-5,10-12H2,1H3,(H,23,24)(H,25,28)/t17-/m0/s1. The fourth-order valence-electron chi connectivity index (χ4n) is 4.47. The van der Waals surface area contributed by atoms with E-state index in [4.69, 9.17) is 4.74 Å². The van der Waals surface area contributed by atoms with Crippen LogP contribution < -0.4 is 5.32 Å². The van der Waals surface area contributed by atoms with Gasteiger partial charge in [-0.15, -0.1) is 0 Å². The predicted molar refractivity (Wildman–Crippen MR) is 112 cm³/mol. The van der Waals surface area contributed by atoms with Gasteiger partial charge >= 0.3 is 6.09 Å². The lowest BCUT2D eigenvalue weighted by atomic mass is 9.95. The van der Waals surface area contributed by atoms with E-state index in [-0.39, 0.29) is 11.9 Å². The van der Waals surface area contributed by atoms with E-state index in [1.807, 2.05) is 35.4 Å². The highest BCUT2D eigenvalue weighted by Crippen LogP contribution is 2.38. The number of imidazole rings is 1. The molecule has 1 aromatic heterocycles. The van der Waals surface area contributed by atoms with Crippen LogP contribution in [0.4, 0.5) is 4.79 Å². The minimum Gasteiger partial charge on any atom is -0.453 e. The van der Waals surface area contributed by atoms with Gasteiger partial charge in [0.2, 0.25) is 5.91 Å². The summed E-state index contributed by atoms with van der Waals surface area (Å²) in [5.74, 6) is 0.768. The zero-order valence-electron chi connectivity index (χ0n) is 16.4. The van der Waals surface area contributed by atoms with Gasteiger partial charge in [0.15, 0.2) is 0 Å². The van der Waals surface area contributed by atoms with Crippen LogP contribution in [0.5, 0.6) is 0 Å². The Bertz CT molecular complexity index is 890. The van der Waals surface area contributed by atoms with E-state index in [1.54, 1.807) is 0 Å². The van der Waals surface area contributed by atoms with E-state index in [2.05, 4.69) is 31.2 Å². The molecule has 2 heterocycles. The van der Waals surface area contributed by atoms with Crippen LogP contribution in [-0.4, -0.2) is 46.1 Å². The first-order chi connectivity index (χ1) is 14.0. The monoisotopic (exact) mass is 460 g/mol. The van der Waals surface area contributed by atoms with E-state index in [9.17, 15) is 9.59 Å². The van der Waals surface area contributed by atoms with Crippen molar-refractivity contribution in [1.29, 1.82) is 0 Å². The molecule has 1 aromatic carbocycles. The first-order valence-corrected chi connectivity index (χ1v) is 10.8. The number of ether oxygens (including phenoxy) is 1. The third kappa shape index (κ3) is 3.90. The molecule has 0 unspecified atom stereocenters. The average Bonchev–Trinajstić information content (AvgIpc) is 3.48. The highest BCUT2D eigenvalue weighted by molar-refractivity contribution is 9.10. The molecule has 1 atom stereocenters. The van der Waals surface area contributed by atoms with Crippen LogP contribution in [0.1, 0.15) is 50.4 Å². The largest absolute Gasteiger partial charge is 0.453 e. The molecule has 7 nitrogen and oxygen atoms in total. The summed E-state index contributed by atoms with van der Waals surface area (Å²) in [4.78, 5) is 35.3. The number of benzene rings is 1. The summed E-state index contributed by atoms with van der Waals surface area (Å²) in [6.45, 7) is 0.669. The molecule has 0 radical (unpaired) electrons. The number of rotatable bonds is 4. The Morgan fingerprint density at radius 2 is 1.97 bits per heavy atom.